The van der Waals surface area contributed by atoms with Crippen LogP contribution < -0.4 is 9.47 Å². The molecule has 0 N–H and O–H groups in total. The van der Waals surface area contributed by atoms with Gasteiger partial charge in [-0.1, -0.05) is 44.2 Å². The molecule has 2 aromatic carbocycles. The zero-order valence-corrected chi connectivity index (χ0v) is 17.0. The maximum atomic E-state index is 11.6. The fourth-order valence-corrected chi connectivity index (χ4v) is 3.48. The minimum absolute atomic E-state index is 0.113. The van der Waals surface area contributed by atoms with Gasteiger partial charge in [0.1, 0.15) is 23.0 Å². The van der Waals surface area contributed by atoms with Gasteiger partial charge in [0, 0.05) is 18.9 Å². The van der Waals surface area contributed by atoms with E-state index in [1.54, 1.807) is 13.2 Å². The average Bonchev–Trinajstić information content (AvgIpc) is 3.01. The van der Waals surface area contributed by atoms with Gasteiger partial charge in [0.05, 0.1) is 12.7 Å². The third-order valence-corrected chi connectivity index (χ3v) is 4.64. The number of aryl methyl sites for hydroxylation is 1. The molecular weight excluding hydrogens is 352 g/mol. The number of methoxy groups -OCH3 is 1. The SMILES string of the molecule is COc1ccc(OC(C)=O)c(C(C)C)c1-c1oc(Cc2ccccc2)cc1C. The Bertz CT molecular complexity index is 968. The van der Waals surface area contributed by atoms with E-state index in [0.29, 0.717) is 17.9 Å². The number of esters is 1. The molecule has 1 aromatic heterocycles. The molecule has 0 aliphatic rings. The van der Waals surface area contributed by atoms with E-state index in [1.807, 2.05) is 31.2 Å². The summed E-state index contributed by atoms with van der Waals surface area (Å²) < 4.78 is 17.4. The van der Waals surface area contributed by atoms with Crippen LogP contribution in [0.25, 0.3) is 11.3 Å². The molecule has 0 bridgehead atoms. The number of carbonyl (C=O) groups is 1. The van der Waals surface area contributed by atoms with Crippen LogP contribution in [0.4, 0.5) is 0 Å². The minimum atomic E-state index is -0.348. The molecule has 0 radical (unpaired) electrons. The van der Waals surface area contributed by atoms with E-state index in [2.05, 4.69) is 32.0 Å². The third-order valence-electron chi connectivity index (χ3n) is 4.64. The zero-order chi connectivity index (χ0) is 20.3. The molecular formula is C24H26O4. The Hall–Kier alpha value is -3.01. The van der Waals surface area contributed by atoms with Crippen molar-refractivity contribution in [1.82, 2.24) is 0 Å². The van der Waals surface area contributed by atoms with Gasteiger partial charge in [0.15, 0.2) is 0 Å². The van der Waals surface area contributed by atoms with Crippen LogP contribution in [0.5, 0.6) is 11.5 Å². The molecule has 0 atom stereocenters. The lowest BCUT2D eigenvalue weighted by atomic mass is 9.92. The Morgan fingerprint density at radius 3 is 2.36 bits per heavy atom. The number of hydrogen-bond acceptors (Lipinski definition) is 4. The van der Waals surface area contributed by atoms with E-state index < -0.39 is 0 Å². The number of ether oxygens (including phenoxy) is 2. The number of hydrogen-bond donors (Lipinski definition) is 0. The van der Waals surface area contributed by atoms with Crippen molar-refractivity contribution in [2.24, 2.45) is 0 Å². The molecule has 146 valence electrons. The van der Waals surface area contributed by atoms with Gasteiger partial charge >= 0.3 is 5.97 Å². The van der Waals surface area contributed by atoms with Crippen LogP contribution >= 0.6 is 0 Å². The van der Waals surface area contributed by atoms with E-state index in [4.69, 9.17) is 13.9 Å². The minimum Gasteiger partial charge on any atom is -0.496 e. The summed E-state index contributed by atoms with van der Waals surface area (Å²) in [5, 5.41) is 0. The largest absolute Gasteiger partial charge is 0.496 e. The van der Waals surface area contributed by atoms with Gasteiger partial charge in [-0.2, -0.15) is 0 Å². The van der Waals surface area contributed by atoms with Crippen molar-refractivity contribution < 1.29 is 18.7 Å². The van der Waals surface area contributed by atoms with E-state index >= 15 is 0 Å². The monoisotopic (exact) mass is 378 g/mol. The first-order valence-electron chi connectivity index (χ1n) is 9.43. The van der Waals surface area contributed by atoms with Crippen molar-refractivity contribution in [3.63, 3.8) is 0 Å². The van der Waals surface area contributed by atoms with Crippen LogP contribution in [0.3, 0.4) is 0 Å². The lowest BCUT2D eigenvalue weighted by Gasteiger charge is -2.19. The molecule has 0 spiro atoms. The molecule has 4 nitrogen and oxygen atoms in total. The summed E-state index contributed by atoms with van der Waals surface area (Å²) in [4.78, 5) is 11.6. The highest BCUT2D eigenvalue weighted by molar-refractivity contribution is 5.78. The Morgan fingerprint density at radius 2 is 1.75 bits per heavy atom. The van der Waals surface area contributed by atoms with E-state index in [1.165, 1.54) is 12.5 Å². The second kappa shape index (κ2) is 8.34. The molecule has 0 saturated heterocycles. The molecule has 1 heterocycles. The zero-order valence-electron chi connectivity index (χ0n) is 17.0. The van der Waals surface area contributed by atoms with Gasteiger partial charge in [-0.05, 0) is 42.2 Å². The van der Waals surface area contributed by atoms with Crippen molar-refractivity contribution in [2.75, 3.05) is 7.11 Å². The number of rotatable bonds is 6. The van der Waals surface area contributed by atoms with E-state index in [0.717, 1.165) is 28.2 Å². The highest BCUT2D eigenvalue weighted by Crippen LogP contribution is 2.44. The second-order valence-electron chi connectivity index (χ2n) is 7.19. The fraction of sp³-hybridized carbons (Fsp3) is 0.292. The molecule has 3 rings (SSSR count). The molecule has 4 heteroatoms. The molecule has 28 heavy (non-hydrogen) atoms. The van der Waals surface area contributed by atoms with E-state index in [9.17, 15) is 4.79 Å². The average molecular weight is 378 g/mol. The van der Waals surface area contributed by atoms with Gasteiger partial charge in [-0.15, -0.1) is 0 Å². The predicted molar refractivity (Wildman–Crippen MR) is 110 cm³/mol. The van der Waals surface area contributed by atoms with Gasteiger partial charge in [0.2, 0.25) is 0 Å². The van der Waals surface area contributed by atoms with Crippen LogP contribution in [-0.4, -0.2) is 13.1 Å². The molecule has 0 unspecified atom stereocenters. The van der Waals surface area contributed by atoms with Crippen LogP contribution in [0.2, 0.25) is 0 Å². The van der Waals surface area contributed by atoms with Crippen LogP contribution in [0, 0.1) is 6.92 Å². The summed E-state index contributed by atoms with van der Waals surface area (Å²) in [6, 6.07) is 15.9. The van der Waals surface area contributed by atoms with E-state index in [-0.39, 0.29) is 11.9 Å². The number of benzene rings is 2. The van der Waals surface area contributed by atoms with Gasteiger partial charge in [-0.3, -0.25) is 4.79 Å². The van der Waals surface area contributed by atoms with Crippen LogP contribution in [0.1, 0.15) is 49.1 Å². The summed E-state index contributed by atoms with van der Waals surface area (Å²) in [7, 11) is 1.64. The first-order chi connectivity index (χ1) is 13.4. The topological polar surface area (TPSA) is 48.7 Å². The highest BCUT2D eigenvalue weighted by Gasteiger charge is 2.24. The Balaban J connectivity index is 2.13. The molecule has 0 aliphatic heterocycles. The highest BCUT2D eigenvalue weighted by atomic mass is 16.5. The molecule has 0 saturated carbocycles. The summed E-state index contributed by atoms with van der Waals surface area (Å²) in [6.45, 7) is 7.56. The molecule has 0 amide bonds. The Morgan fingerprint density at radius 1 is 1.07 bits per heavy atom. The first-order valence-corrected chi connectivity index (χ1v) is 9.43. The van der Waals surface area contributed by atoms with Crippen molar-refractivity contribution in [3.8, 4) is 22.8 Å². The third kappa shape index (κ3) is 4.11. The lowest BCUT2D eigenvalue weighted by molar-refractivity contribution is -0.131. The quantitative estimate of drug-likeness (QED) is 0.396. The Labute approximate surface area is 166 Å². The molecule has 0 aliphatic carbocycles. The summed E-state index contributed by atoms with van der Waals surface area (Å²) >= 11 is 0. The maximum Gasteiger partial charge on any atom is 0.308 e. The number of carbonyl (C=O) groups excluding carboxylic acids is 1. The normalized spacial score (nSPS) is 10.9. The standard InChI is InChI=1S/C24H26O4/c1-15(2)22-21(27-17(4)25)12-11-20(26-5)23(22)24-16(3)13-19(28-24)14-18-9-7-6-8-10-18/h6-13,15H,14H2,1-5H3. The second-order valence-corrected chi connectivity index (χ2v) is 7.19. The summed E-state index contributed by atoms with van der Waals surface area (Å²) in [5.74, 6) is 2.64. The van der Waals surface area contributed by atoms with Crippen molar-refractivity contribution in [3.05, 3.63) is 71.0 Å². The number of furan rings is 1. The smallest absolute Gasteiger partial charge is 0.308 e. The van der Waals surface area contributed by atoms with Gasteiger partial charge in [-0.25, -0.2) is 0 Å². The first kappa shape index (κ1) is 19.7. The summed E-state index contributed by atoms with van der Waals surface area (Å²) in [5.41, 5.74) is 3.95. The Kier molecular flexibility index (Phi) is 5.88. The molecule has 3 aromatic rings. The van der Waals surface area contributed by atoms with Crippen LogP contribution in [0.15, 0.2) is 52.9 Å². The summed E-state index contributed by atoms with van der Waals surface area (Å²) in [6.07, 6.45) is 0.713. The maximum absolute atomic E-state index is 11.6. The van der Waals surface area contributed by atoms with Crippen molar-refractivity contribution in [1.29, 1.82) is 0 Å². The van der Waals surface area contributed by atoms with Crippen molar-refractivity contribution >= 4 is 5.97 Å². The predicted octanol–water partition coefficient (Wildman–Crippen LogP) is 5.90. The van der Waals surface area contributed by atoms with Gasteiger partial charge < -0.3 is 13.9 Å². The lowest BCUT2D eigenvalue weighted by Crippen LogP contribution is -2.07. The van der Waals surface area contributed by atoms with Crippen molar-refractivity contribution in [2.45, 2.75) is 40.0 Å². The molecule has 0 fully saturated rings. The van der Waals surface area contributed by atoms with Crippen LogP contribution in [-0.2, 0) is 11.2 Å². The fourth-order valence-electron chi connectivity index (χ4n) is 3.48. The van der Waals surface area contributed by atoms with Gasteiger partial charge in [0.25, 0.3) is 0 Å².